The zero-order valence-electron chi connectivity index (χ0n) is 13.1. The molecule has 0 saturated heterocycles. The summed E-state index contributed by atoms with van der Waals surface area (Å²) >= 11 is 0. The summed E-state index contributed by atoms with van der Waals surface area (Å²) in [5.41, 5.74) is 1.79. The maximum absolute atomic E-state index is 13.0. The van der Waals surface area contributed by atoms with Gasteiger partial charge >= 0.3 is 0 Å². The van der Waals surface area contributed by atoms with Crippen LogP contribution >= 0.6 is 0 Å². The number of halogens is 1. The second-order valence-electron chi connectivity index (χ2n) is 5.49. The number of aryl methyl sites for hydroxylation is 1. The van der Waals surface area contributed by atoms with Gasteiger partial charge in [0.25, 0.3) is 0 Å². The van der Waals surface area contributed by atoms with Crippen LogP contribution in [0.1, 0.15) is 23.7 Å². The van der Waals surface area contributed by atoms with Crippen LogP contribution in [0.4, 0.5) is 4.39 Å². The summed E-state index contributed by atoms with van der Waals surface area (Å²) in [7, 11) is 0. The van der Waals surface area contributed by atoms with Crippen molar-refractivity contribution in [1.82, 2.24) is 4.98 Å². The Morgan fingerprint density at radius 3 is 2.46 bits per heavy atom. The molecule has 0 saturated carbocycles. The summed E-state index contributed by atoms with van der Waals surface area (Å²) in [6, 6.07) is 19.3. The van der Waals surface area contributed by atoms with Crippen molar-refractivity contribution in [3.8, 4) is 11.6 Å². The molecule has 0 spiro atoms. The molecule has 1 heterocycles. The average molecular weight is 323 g/mol. The van der Waals surface area contributed by atoms with Crippen LogP contribution in [-0.2, 0) is 6.42 Å². The van der Waals surface area contributed by atoms with Crippen molar-refractivity contribution < 1.29 is 14.2 Å². The maximum Gasteiger partial charge on any atom is 0.225 e. The number of aromatic nitrogens is 1. The van der Waals surface area contributed by atoms with Crippen molar-refractivity contribution in [1.29, 1.82) is 0 Å². The van der Waals surface area contributed by atoms with Crippen molar-refractivity contribution in [2.24, 2.45) is 0 Å². The fourth-order valence-corrected chi connectivity index (χ4v) is 2.46. The lowest BCUT2D eigenvalue weighted by molar-refractivity contribution is 0.164. The Kier molecular flexibility index (Phi) is 5.18. The molecule has 1 N–H and O–H groups in total. The fraction of sp³-hybridized carbons (Fsp3) is 0.150. The molecule has 1 unspecified atom stereocenters. The first-order chi connectivity index (χ1) is 11.7. The number of aliphatic hydroxyl groups excluding tert-OH is 1. The van der Waals surface area contributed by atoms with Crippen LogP contribution in [0.15, 0.2) is 72.9 Å². The first-order valence-corrected chi connectivity index (χ1v) is 7.83. The molecule has 0 fully saturated rings. The second kappa shape index (κ2) is 7.70. The van der Waals surface area contributed by atoms with Gasteiger partial charge in [-0.15, -0.1) is 0 Å². The molecule has 3 rings (SSSR count). The van der Waals surface area contributed by atoms with E-state index in [1.807, 2.05) is 30.3 Å². The molecule has 0 aliphatic carbocycles. The predicted molar refractivity (Wildman–Crippen MR) is 90.4 cm³/mol. The lowest BCUT2D eigenvalue weighted by atomic mass is 10.0. The molecule has 3 nitrogen and oxygen atoms in total. The molecule has 4 heteroatoms. The van der Waals surface area contributed by atoms with E-state index in [1.165, 1.54) is 29.8 Å². The number of ether oxygens (including phenoxy) is 1. The SMILES string of the molecule is OC(CCc1ccccc1)c1cccnc1Oc1ccc(F)cc1. The number of hydrogen-bond acceptors (Lipinski definition) is 3. The van der Waals surface area contributed by atoms with Gasteiger partial charge in [-0.2, -0.15) is 0 Å². The van der Waals surface area contributed by atoms with E-state index in [0.717, 1.165) is 6.42 Å². The third kappa shape index (κ3) is 4.18. The largest absolute Gasteiger partial charge is 0.439 e. The molecule has 0 aliphatic heterocycles. The Balaban J connectivity index is 1.72. The van der Waals surface area contributed by atoms with E-state index in [2.05, 4.69) is 4.98 Å². The van der Waals surface area contributed by atoms with Crippen LogP contribution < -0.4 is 4.74 Å². The van der Waals surface area contributed by atoms with Gasteiger partial charge in [-0.25, -0.2) is 9.37 Å². The molecule has 2 aromatic carbocycles. The summed E-state index contributed by atoms with van der Waals surface area (Å²) in [4.78, 5) is 4.20. The van der Waals surface area contributed by atoms with Crippen molar-refractivity contribution in [3.05, 3.63) is 89.9 Å². The van der Waals surface area contributed by atoms with Crippen LogP contribution in [0, 0.1) is 5.82 Å². The standard InChI is InChI=1S/C20H18FNO2/c21-16-9-11-17(12-10-16)24-20-18(7-4-14-22-20)19(23)13-8-15-5-2-1-3-6-15/h1-7,9-12,14,19,23H,8,13H2. The second-order valence-corrected chi connectivity index (χ2v) is 5.49. The van der Waals surface area contributed by atoms with E-state index in [4.69, 9.17) is 4.74 Å². The van der Waals surface area contributed by atoms with Gasteiger partial charge in [0.1, 0.15) is 11.6 Å². The van der Waals surface area contributed by atoms with Gasteiger partial charge in [-0.05, 0) is 54.8 Å². The highest BCUT2D eigenvalue weighted by atomic mass is 19.1. The van der Waals surface area contributed by atoms with E-state index in [0.29, 0.717) is 23.6 Å². The number of nitrogens with zero attached hydrogens (tertiary/aromatic N) is 1. The third-order valence-electron chi connectivity index (χ3n) is 3.74. The quantitative estimate of drug-likeness (QED) is 0.716. The molecule has 1 atom stereocenters. The smallest absolute Gasteiger partial charge is 0.225 e. The lowest BCUT2D eigenvalue weighted by Gasteiger charge is -2.15. The summed E-state index contributed by atoms with van der Waals surface area (Å²) in [6.45, 7) is 0. The van der Waals surface area contributed by atoms with Gasteiger partial charge in [-0.1, -0.05) is 30.3 Å². The molecule has 1 aromatic heterocycles. The van der Waals surface area contributed by atoms with E-state index in [1.54, 1.807) is 18.3 Å². The van der Waals surface area contributed by atoms with E-state index < -0.39 is 6.10 Å². The summed E-state index contributed by atoms with van der Waals surface area (Å²) in [5, 5.41) is 10.5. The van der Waals surface area contributed by atoms with Crippen LogP contribution in [-0.4, -0.2) is 10.1 Å². The molecule has 0 aliphatic rings. The van der Waals surface area contributed by atoms with Crippen LogP contribution in [0.25, 0.3) is 0 Å². The van der Waals surface area contributed by atoms with Crippen LogP contribution in [0.3, 0.4) is 0 Å². The molecule has 0 amide bonds. The monoisotopic (exact) mass is 323 g/mol. The molecule has 0 radical (unpaired) electrons. The molecule has 3 aromatic rings. The van der Waals surface area contributed by atoms with Gasteiger partial charge in [0.05, 0.1) is 6.10 Å². The summed E-state index contributed by atoms with van der Waals surface area (Å²) < 4.78 is 18.7. The topological polar surface area (TPSA) is 42.4 Å². The highest BCUT2D eigenvalue weighted by Gasteiger charge is 2.15. The zero-order chi connectivity index (χ0) is 16.8. The normalized spacial score (nSPS) is 11.9. The van der Waals surface area contributed by atoms with E-state index >= 15 is 0 Å². The highest BCUT2D eigenvalue weighted by molar-refractivity contribution is 5.33. The van der Waals surface area contributed by atoms with Gasteiger partial charge in [0.15, 0.2) is 0 Å². The van der Waals surface area contributed by atoms with Gasteiger partial charge in [0.2, 0.25) is 5.88 Å². The van der Waals surface area contributed by atoms with E-state index in [-0.39, 0.29) is 5.82 Å². The highest BCUT2D eigenvalue weighted by Crippen LogP contribution is 2.29. The molecular weight excluding hydrogens is 305 g/mol. The van der Waals surface area contributed by atoms with Crippen molar-refractivity contribution in [3.63, 3.8) is 0 Å². The zero-order valence-corrected chi connectivity index (χ0v) is 13.1. The number of hydrogen-bond donors (Lipinski definition) is 1. The Bertz CT molecular complexity index is 775. The molecule has 0 bridgehead atoms. The average Bonchev–Trinajstić information content (AvgIpc) is 2.63. The third-order valence-corrected chi connectivity index (χ3v) is 3.74. The Morgan fingerprint density at radius 2 is 1.71 bits per heavy atom. The molecule has 122 valence electrons. The van der Waals surface area contributed by atoms with Gasteiger partial charge in [-0.3, -0.25) is 0 Å². The summed E-state index contributed by atoms with van der Waals surface area (Å²) in [5.74, 6) is 0.489. The Labute approximate surface area is 140 Å². The minimum absolute atomic E-state index is 0.327. The molecular formula is C20H18FNO2. The Hall–Kier alpha value is -2.72. The first-order valence-electron chi connectivity index (χ1n) is 7.83. The van der Waals surface area contributed by atoms with Gasteiger partial charge in [0, 0.05) is 11.8 Å². The van der Waals surface area contributed by atoms with Gasteiger partial charge < -0.3 is 9.84 Å². The molecule has 24 heavy (non-hydrogen) atoms. The van der Waals surface area contributed by atoms with Crippen molar-refractivity contribution in [2.45, 2.75) is 18.9 Å². The van der Waals surface area contributed by atoms with Crippen molar-refractivity contribution in [2.75, 3.05) is 0 Å². The lowest BCUT2D eigenvalue weighted by Crippen LogP contribution is -2.03. The first kappa shape index (κ1) is 16.1. The minimum atomic E-state index is -0.686. The predicted octanol–water partition coefficient (Wildman–Crippen LogP) is 4.68. The van der Waals surface area contributed by atoms with Crippen LogP contribution in [0.2, 0.25) is 0 Å². The number of benzene rings is 2. The summed E-state index contributed by atoms with van der Waals surface area (Å²) in [6.07, 6.45) is 2.24. The van der Waals surface area contributed by atoms with E-state index in [9.17, 15) is 9.50 Å². The minimum Gasteiger partial charge on any atom is -0.439 e. The maximum atomic E-state index is 13.0. The number of pyridine rings is 1. The Morgan fingerprint density at radius 1 is 0.958 bits per heavy atom. The fourth-order valence-electron chi connectivity index (χ4n) is 2.46. The number of aliphatic hydroxyl groups is 1. The van der Waals surface area contributed by atoms with Crippen LogP contribution in [0.5, 0.6) is 11.6 Å². The number of rotatable bonds is 6. The van der Waals surface area contributed by atoms with Crippen molar-refractivity contribution >= 4 is 0 Å².